The van der Waals surface area contributed by atoms with Gasteiger partial charge < -0.3 is 15.7 Å². The minimum absolute atomic E-state index is 0.0306. The molecule has 48 heavy (non-hydrogen) atoms. The molecule has 0 aromatic heterocycles. The maximum Gasteiger partial charge on any atom is 0.326 e. The van der Waals surface area contributed by atoms with Gasteiger partial charge >= 0.3 is 5.97 Å². The molecule has 4 rings (SSSR count). The number of carboxylic acids is 1. The first-order valence-electron chi connectivity index (χ1n) is 16.3. The van der Waals surface area contributed by atoms with Gasteiger partial charge in [0.25, 0.3) is 0 Å². The van der Waals surface area contributed by atoms with Crippen molar-refractivity contribution in [2.24, 2.45) is 5.92 Å². The highest BCUT2D eigenvalue weighted by atomic mass is 32.2. The highest BCUT2D eigenvalue weighted by Gasteiger charge is 2.25. The molecule has 0 unspecified atom stereocenters. The number of rotatable bonds is 18. The Kier molecular flexibility index (Phi) is 13.8. The molecule has 2 amide bonds. The lowest BCUT2D eigenvalue weighted by atomic mass is 9.96. The molecule has 0 saturated carbocycles. The lowest BCUT2D eigenvalue weighted by Crippen LogP contribution is -2.49. The van der Waals surface area contributed by atoms with Gasteiger partial charge in [-0.3, -0.25) is 19.3 Å². The van der Waals surface area contributed by atoms with E-state index in [0.29, 0.717) is 48.4 Å². The highest BCUT2D eigenvalue weighted by molar-refractivity contribution is 7.98. The van der Waals surface area contributed by atoms with Gasteiger partial charge in [0.1, 0.15) is 6.04 Å². The average molecular weight is 668 g/mol. The van der Waals surface area contributed by atoms with E-state index in [1.54, 1.807) is 30.3 Å². The van der Waals surface area contributed by atoms with E-state index in [1.807, 2.05) is 77.9 Å². The average Bonchev–Trinajstić information content (AvgIpc) is 3.06. The van der Waals surface area contributed by atoms with Crippen molar-refractivity contribution in [2.75, 3.05) is 25.1 Å². The lowest BCUT2D eigenvalue weighted by molar-refractivity contribution is -0.142. The van der Waals surface area contributed by atoms with Crippen molar-refractivity contribution in [1.82, 2.24) is 15.5 Å². The molecule has 0 bridgehead atoms. The smallest absolute Gasteiger partial charge is 0.326 e. The van der Waals surface area contributed by atoms with Crippen LogP contribution >= 0.6 is 11.8 Å². The van der Waals surface area contributed by atoms with Crippen LogP contribution in [0.15, 0.2) is 97.1 Å². The minimum Gasteiger partial charge on any atom is -0.480 e. The molecule has 0 fully saturated rings. The molecule has 4 aromatic rings. The fourth-order valence-corrected chi connectivity index (χ4v) is 6.42. The van der Waals surface area contributed by atoms with Gasteiger partial charge in [-0.1, -0.05) is 111 Å². The molecule has 0 aliphatic heterocycles. The summed E-state index contributed by atoms with van der Waals surface area (Å²) >= 11 is 1.53. The van der Waals surface area contributed by atoms with Gasteiger partial charge in [0.2, 0.25) is 11.8 Å². The van der Waals surface area contributed by atoms with Gasteiger partial charge in [0.15, 0.2) is 5.78 Å². The number of aliphatic carboxylic acids is 1. The van der Waals surface area contributed by atoms with Crippen LogP contribution in [-0.2, 0) is 27.3 Å². The normalized spacial score (nSPS) is 12.5. The minimum atomic E-state index is -1.06. The Morgan fingerprint density at radius 3 is 2.19 bits per heavy atom. The number of carbonyl (C=O) groups excluding carboxylic acids is 3. The molecular formula is C39H45N3O5S. The van der Waals surface area contributed by atoms with Crippen molar-refractivity contribution >= 4 is 46.1 Å². The van der Waals surface area contributed by atoms with Crippen LogP contribution in [-0.4, -0.2) is 70.8 Å². The summed E-state index contributed by atoms with van der Waals surface area (Å²) in [6.45, 7) is 4.92. The number of nitrogens with one attached hydrogen (secondary N) is 2. The van der Waals surface area contributed by atoms with Crippen molar-refractivity contribution < 1.29 is 24.3 Å². The van der Waals surface area contributed by atoms with Crippen LogP contribution in [0.4, 0.5) is 0 Å². The van der Waals surface area contributed by atoms with E-state index in [1.165, 1.54) is 11.8 Å². The second kappa shape index (κ2) is 18.2. The van der Waals surface area contributed by atoms with Gasteiger partial charge in [0.05, 0.1) is 13.0 Å². The third-order valence-corrected chi connectivity index (χ3v) is 8.78. The summed E-state index contributed by atoms with van der Waals surface area (Å²) in [4.78, 5) is 54.1. The van der Waals surface area contributed by atoms with E-state index in [4.69, 9.17) is 0 Å². The Morgan fingerprint density at radius 2 is 1.46 bits per heavy atom. The number of thioether (sulfide) groups is 1. The number of amides is 2. The molecule has 252 valence electrons. The maximum atomic E-state index is 13.6. The Bertz CT molecular complexity index is 1690. The van der Waals surface area contributed by atoms with E-state index in [2.05, 4.69) is 24.5 Å². The van der Waals surface area contributed by atoms with Crippen molar-refractivity contribution in [3.8, 4) is 0 Å². The van der Waals surface area contributed by atoms with E-state index in [9.17, 15) is 24.3 Å². The second-order valence-corrected chi connectivity index (χ2v) is 13.5. The quantitative estimate of drug-likeness (QED) is 0.112. The molecule has 0 aliphatic rings. The standard InChI is InChI=1S/C39H45N3O5S/c1-27(2)22-32(40-36(43)23-30-15-8-10-19-34(30)38(45)29-13-5-4-6-14-29)25-42(26-37(44)41-35(39(46)47)20-21-48-3)24-31-17-11-16-28-12-7-9-18-33(28)31/h4-19,27,32,35H,20-26H2,1-3H3,(H,40,43)(H,41,44)(H,46,47)/t32-,35-/m0/s1. The van der Waals surface area contributed by atoms with E-state index >= 15 is 0 Å². The summed E-state index contributed by atoms with van der Waals surface area (Å²) in [6, 6.07) is 29.0. The Balaban J connectivity index is 1.55. The first kappa shape index (κ1) is 36.4. The highest BCUT2D eigenvalue weighted by Crippen LogP contribution is 2.21. The van der Waals surface area contributed by atoms with Crippen LogP contribution in [0.5, 0.6) is 0 Å². The summed E-state index contributed by atoms with van der Waals surface area (Å²) in [5.41, 5.74) is 2.72. The molecule has 0 aliphatic carbocycles. The zero-order chi connectivity index (χ0) is 34.5. The zero-order valence-electron chi connectivity index (χ0n) is 27.9. The van der Waals surface area contributed by atoms with Crippen molar-refractivity contribution in [2.45, 2.75) is 51.7 Å². The van der Waals surface area contributed by atoms with E-state index in [-0.39, 0.29) is 42.5 Å². The third kappa shape index (κ3) is 10.8. The maximum absolute atomic E-state index is 13.6. The zero-order valence-corrected chi connectivity index (χ0v) is 28.7. The molecule has 4 aromatic carbocycles. The van der Waals surface area contributed by atoms with Gasteiger partial charge in [0, 0.05) is 30.3 Å². The molecule has 0 spiro atoms. The van der Waals surface area contributed by atoms with Crippen LogP contribution < -0.4 is 10.6 Å². The largest absolute Gasteiger partial charge is 0.480 e. The number of fused-ring (bicyclic) bond motifs is 1. The van der Waals surface area contributed by atoms with Gasteiger partial charge in [-0.05, 0) is 52.7 Å². The number of carbonyl (C=O) groups is 4. The predicted molar refractivity (Wildman–Crippen MR) is 193 cm³/mol. The van der Waals surface area contributed by atoms with Crippen molar-refractivity contribution in [3.63, 3.8) is 0 Å². The number of carboxylic acid groups (broad SMARTS) is 1. The number of ketones is 1. The number of hydrogen-bond acceptors (Lipinski definition) is 6. The molecular weight excluding hydrogens is 623 g/mol. The molecule has 3 N–H and O–H groups in total. The SMILES string of the molecule is CSCC[C@H](NC(=O)CN(Cc1cccc2ccccc12)C[C@H](CC(C)C)NC(=O)Cc1ccccc1C(=O)c1ccccc1)C(=O)O. The molecule has 0 saturated heterocycles. The molecule has 9 heteroatoms. The summed E-state index contributed by atoms with van der Waals surface area (Å²) in [7, 11) is 0. The summed E-state index contributed by atoms with van der Waals surface area (Å²) in [5.74, 6) is -0.938. The van der Waals surface area contributed by atoms with E-state index in [0.717, 1.165) is 16.3 Å². The number of benzene rings is 4. The van der Waals surface area contributed by atoms with Crippen LogP contribution in [0.2, 0.25) is 0 Å². The Labute approximate surface area is 287 Å². The monoisotopic (exact) mass is 667 g/mol. The first-order chi connectivity index (χ1) is 23.1. The number of nitrogens with zero attached hydrogens (tertiary/aromatic N) is 1. The molecule has 0 radical (unpaired) electrons. The predicted octanol–water partition coefficient (Wildman–Crippen LogP) is 5.97. The molecule has 8 nitrogen and oxygen atoms in total. The first-order valence-corrected chi connectivity index (χ1v) is 17.7. The Hall–Kier alpha value is -4.47. The number of hydrogen-bond donors (Lipinski definition) is 3. The summed E-state index contributed by atoms with van der Waals surface area (Å²) in [5, 5.41) is 17.8. The van der Waals surface area contributed by atoms with Gasteiger partial charge in [-0.25, -0.2) is 4.79 Å². The van der Waals surface area contributed by atoms with Gasteiger partial charge in [-0.15, -0.1) is 0 Å². The summed E-state index contributed by atoms with van der Waals surface area (Å²) in [6.07, 6.45) is 2.92. The fourth-order valence-electron chi connectivity index (χ4n) is 5.94. The molecule has 2 atom stereocenters. The third-order valence-electron chi connectivity index (χ3n) is 8.13. The second-order valence-electron chi connectivity index (χ2n) is 12.5. The fraction of sp³-hybridized carbons (Fsp3) is 0.333. The molecule has 0 heterocycles. The Morgan fingerprint density at radius 1 is 0.792 bits per heavy atom. The van der Waals surface area contributed by atoms with Crippen molar-refractivity contribution in [1.29, 1.82) is 0 Å². The van der Waals surface area contributed by atoms with Crippen LogP contribution in [0.1, 0.15) is 53.7 Å². The van der Waals surface area contributed by atoms with Crippen LogP contribution in [0.3, 0.4) is 0 Å². The van der Waals surface area contributed by atoms with Crippen LogP contribution in [0.25, 0.3) is 10.8 Å². The summed E-state index contributed by atoms with van der Waals surface area (Å²) < 4.78 is 0. The van der Waals surface area contributed by atoms with E-state index < -0.39 is 12.0 Å². The lowest BCUT2D eigenvalue weighted by Gasteiger charge is -2.30. The van der Waals surface area contributed by atoms with Crippen molar-refractivity contribution in [3.05, 3.63) is 119 Å². The van der Waals surface area contributed by atoms with Gasteiger partial charge in [-0.2, -0.15) is 11.8 Å². The topological polar surface area (TPSA) is 116 Å². The van der Waals surface area contributed by atoms with Crippen LogP contribution in [0, 0.1) is 5.92 Å².